The lowest BCUT2D eigenvalue weighted by molar-refractivity contribution is 0.0905. The fourth-order valence-electron chi connectivity index (χ4n) is 1.30. The number of hydrogen-bond donors (Lipinski definition) is 1. The minimum atomic E-state index is -0.0560. The van der Waals surface area contributed by atoms with Crippen molar-refractivity contribution >= 4 is 5.91 Å². The number of carbonyl (C=O) groups is 1. The van der Waals surface area contributed by atoms with Gasteiger partial charge in [0.25, 0.3) is 5.91 Å². The Labute approximate surface area is 90.4 Å². The molecule has 0 saturated heterocycles. The van der Waals surface area contributed by atoms with Gasteiger partial charge in [-0.05, 0) is 26.0 Å². The van der Waals surface area contributed by atoms with Crippen molar-refractivity contribution in [1.29, 1.82) is 0 Å². The van der Waals surface area contributed by atoms with Gasteiger partial charge in [-0.15, -0.1) is 0 Å². The molecule has 0 bridgehead atoms. The van der Waals surface area contributed by atoms with E-state index in [2.05, 4.69) is 5.32 Å². The third kappa shape index (κ3) is 3.72. The summed E-state index contributed by atoms with van der Waals surface area (Å²) >= 11 is 0. The first-order valence-electron chi connectivity index (χ1n) is 5.00. The lowest BCUT2D eigenvalue weighted by atomic mass is 10.1. The third-order valence-corrected chi connectivity index (χ3v) is 2.11. The lowest BCUT2D eigenvalue weighted by Crippen LogP contribution is -2.35. The van der Waals surface area contributed by atoms with Crippen LogP contribution in [-0.4, -0.2) is 25.7 Å². The molecular formula is C12H17NO2. The topological polar surface area (TPSA) is 38.3 Å². The van der Waals surface area contributed by atoms with Crippen LogP contribution in [0.15, 0.2) is 24.3 Å². The molecular weight excluding hydrogens is 190 g/mol. The molecule has 1 unspecified atom stereocenters. The van der Waals surface area contributed by atoms with Gasteiger partial charge in [-0.25, -0.2) is 0 Å². The molecule has 0 aliphatic heterocycles. The van der Waals surface area contributed by atoms with E-state index < -0.39 is 0 Å². The van der Waals surface area contributed by atoms with Crippen molar-refractivity contribution in [2.75, 3.05) is 13.7 Å². The van der Waals surface area contributed by atoms with E-state index in [0.717, 1.165) is 5.56 Å². The zero-order valence-electron chi connectivity index (χ0n) is 9.41. The number of benzene rings is 1. The molecule has 0 aromatic heterocycles. The Hall–Kier alpha value is -1.35. The summed E-state index contributed by atoms with van der Waals surface area (Å²) in [7, 11) is 1.62. The van der Waals surface area contributed by atoms with E-state index in [4.69, 9.17) is 4.74 Å². The molecule has 0 saturated carbocycles. The minimum absolute atomic E-state index is 0.0313. The predicted octanol–water partition coefficient (Wildman–Crippen LogP) is 1.76. The smallest absolute Gasteiger partial charge is 0.251 e. The molecule has 1 N–H and O–H groups in total. The molecule has 3 nitrogen and oxygen atoms in total. The van der Waals surface area contributed by atoms with Crippen molar-refractivity contribution in [2.45, 2.75) is 19.9 Å². The van der Waals surface area contributed by atoms with Crippen LogP contribution in [0.2, 0.25) is 0 Å². The Kier molecular flexibility index (Phi) is 4.31. The Morgan fingerprint density at radius 3 is 2.53 bits per heavy atom. The predicted molar refractivity (Wildman–Crippen MR) is 60.0 cm³/mol. The van der Waals surface area contributed by atoms with Gasteiger partial charge in [0, 0.05) is 18.7 Å². The second-order valence-corrected chi connectivity index (χ2v) is 3.70. The van der Waals surface area contributed by atoms with E-state index in [9.17, 15) is 4.79 Å². The van der Waals surface area contributed by atoms with Crippen molar-refractivity contribution in [3.63, 3.8) is 0 Å². The number of nitrogens with one attached hydrogen (secondary N) is 1. The molecule has 0 spiro atoms. The highest BCUT2D eigenvalue weighted by molar-refractivity contribution is 5.94. The molecule has 0 heterocycles. The van der Waals surface area contributed by atoms with Crippen molar-refractivity contribution in [2.24, 2.45) is 0 Å². The number of amides is 1. The number of methoxy groups -OCH3 is 1. The van der Waals surface area contributed by atoms with Gasteiger partial charge in [0.1, 0.15) is 0 Å². The summed E-state index contributed by atoms with van der Waals surface area (Å²) in [6, 6.07) is 7.53. The summed E-state index contributed by atoms with van der Waals surface area (Å²) < 4.78 is 4.94. The summed E-state index contributed by atoms with van der Waals surface area (Å²) in [6.07, 6.45) is 0. The number of carbonyl (C=O) groups excluding carboxylic acids is 1. The maximum absolute atomic E-state index is 11.7. The summed E-state index contributed by atoms with van der Waals surface area (Å²) in [5.41, 5.74) is 1.83. The number of hydrogen-bond acceptors (Lipinski definition) is 2. The highest BCUT2D eigenvalue weighted by atomic mass is 16.5. The van der Waals surface area contributed by atoms with Crippen LogP contribution in [0, 0.1) is 6.92 Å². The molecule has 1 aromatic rings. The fraction of sp³-hybridized carbons (Fsp3) is 0.417. The van der Waals surface area contributed by atoms with Gasteiger partial charge in [-0.1, -0.05) is 17.7 Å². The third-order valence-electron chi connectivity index (χ3n) is 2.11. The molecule has 1 aromatic carbocycles. The van der Waals surface area contributed by atoms with Gasteiger partial charge in [-0.2, -0.15) is 0 Å². The molecule has 82 valence electrons. The minimum Gasteiger partial charge on any atom is -0.383 e. The van der Waals surface area contributed by atoms with Gasteiger partial charge >= 0.3 is 0 Å². The second-order valence-electron chi connectivity index (χ2n) is 3.70. The monoisotopic (exact) mass is 207 g/mol. The van der Waals surface area contributed by atoms with Gasteiger partial charge in [-0.3, -0.25) is 4.79 Å². The van der Waals surface area contributed by atoms with Gasteiger partial charge in [0.05, 0.1) is 6.61 Å². The zero-order chi connectivity index (χ0) is 11.3. The van der Waals surface area contributed by atoms with Crippen LogP contribution in [-0.2, 0) is 4.74 Å². The van der Waals surface area contributed by atoms with Crippen molar-refractivity contribution in [3.8, 4) is 0 Å². The van der Waals surface area contributed by atoms with Crippen LogP contribution in [0.4, 0.5) is 0 Å². The number of aryl methyl sites for hydroxylation is 1. The molecule has 1 amide bonds. The van der Waals surface area contributed by atoms with Crippen LogP contribution >= 0.6 is 0 Å². The van der Waals surface area contributed by atoms with E-state index in [1.54, 1.807) is 7.11 Å². The first-order chi connectivity index (χ1) is 7.13. The number of ether oxygens (including phenoxy) is 1. The first kappa shape index (κ1) is 11.7. The van der Waals surface area contributed by atoms with Crippen LogP contribution in [0.5, 0.6) is 0 Å². The fourth-order valence-corrected chi connectivity index (χ4v) is 1.30. The van der Waals surface area contributed by atoms with Crippen LogP contribution in [0.25, 0.3) is 0 Å². The molecule has 0 aliphatic rings. The Balaban J connectivity index is 2.57. The Morgan fingerprint density at radius 1 is 1.40 bits per heavy atom. The van der Waals surface area contributed by atoms with E-state index >= 15 is 0 Å². The summed E-state index contributed by atoms with van der Waals surface area (Å²) in [5, 5.41) is 2.85. The molecule has 3 heteroatoms. The standard InChI is InChI=1S/C12H17NO2/c1-9-4-6-11(7-5-9)12(14)13-10(2)8-15-3/h4-7,10H,8H2,1-3H3,(H,13,14). The van der Waals surface area contributed by atoms with E-state index in [1.807, 2.05) is 38.1 Å². The Morgan fingerprint density at radius 2 is 2.00 bits per heavy atom. The molecule has 1 atom stereocenters. The van der Waals surface area contributed by atoms with Crippen molar-refractivity contribution in [3.05, 3.63) is 35.4 Å². The summed E-state index contributed by atoms with van der Waals surface area (Å²) in [6.45, 7) is 4.43. The van der Waals surface area contributed by atoms with Gasteiger partial charge in [0.2, 0.25) is 0 Å². The maximum atomic E-state index is 11.7. The van der Waals surface area contributed by atoms with Crippen molar-refractivity contribution in [1.82, 2.24) is 5.32 Å². The second kappa shape index (κ2) is 5.51. The average Bonchev–Trinajstić information content (AvgIpc) is 2.18. The van der Waals surface area contributed by atoms with E-state index in [0.29, 0.717) is 12.2 Å². The van der Waals surface area contributed by atoms with Gasteiger partial charge in [0.15, 0.2) is 0 Å². The van der Waals surface area contributed by atoms with Gasteiger partial charge < -0.3 is 10.1 Å². The SMILES string of the molecule is COCC(C)NC(=O)c1ccc(C)cc1. The quantitative estimate of drug-likeness (QED) is 0.817. The van der Waals surface area contributed by atoms with Crippen LogP contribution < -0.4 is 5.32 Å². The van der Waals surface area contributed by atoms with E-state index in [-0.39, 0.29) is 11.9 Å². The lowest BCUT2D eigenvalue weighted by Gasteiger charge is -2.12. The van der Waals surface area contributed by atoms with Crippen LogP contribution in [0.1, 0.15) is 22.8 Å². The van der Waals surface area contributed by atoms with Crippen LogP contribution in [0.3, 0.4) is 0 Å². The molecule has 15 heavy (non-hydrogen) atoms. The highest BCUT2D eigenvalue weighted by Gasteiger charge is 2.08. The molecule has 0 aliphatic carbocycles. The summed E-state index contributed by atoms with van der Waals surface area (Å²) in [5.74, 6) is -0.0560. The number of rotatable bonds is 4. The van der Waals surface area contributed by atoms with E-state index in [1.165, 1.54) is 0 Å². The first-order valence-corrected chi connectivity index (χ1v) is 5.00. The largest absolute Gasteiger partial charge is 0.383 e. The molecule has 0 fully saturated rings. The molecule has 0 radical (unpaired) electrons. The summed E-state index contributed by atoms with van der Waals surface area (Å²) in [4.78, 5) is 11.7. The highest BCUT2D eigenvalue weighted by Crippen LogP contribution is 2.03. The van der Waals surface area contributed by atoms with Crippen molar-refractivity contribution < 1.29 is 9.53 Å². The average molecular weight is 207 g/mol. The Bertz CT molecular complexity index is 319. The maximum Gasteiger partial charge on any atom is 0.251 e. The zero-order valence-corrected chi connectivity index (χ0v) is 9.41. The normalized spacial score (nSPS) is 12.2. The molecule has 1 rings (SSSR count).